The average molecular weight is 493 g/mol. The van der Waals surface area contributed by atoms with Crippen LogP contribution < -0.4 is 4.74 Å². The molecule has 0 amide bonds. The molecule has 4 rings (SSSR count). The van der Waals surface area contributed by atoms with Gasteiger partial charge in [-0.05, 0) is 93.3 Å². The zero-order valence-electron chi connectivity index (χ0n) is 20.9. The summed E-state index contributed by atoms with van der Waals surface area (Å²) in [6.45, 7) is 2.74. The van der Waals surface area contributed by atoms with Crippen molar-refractivity contribution in [2.45, 2.75) is 51.0 Å². The maximum Gasteiger partial charge on any atom is 0.303 e. The number of likely N-dealkylation sites (tertiary alicyclic amines) is 1. The van der Waals surface area contributed by atoms with E-state index in [1.54, 1.807) is 25.7 Å². The fourth-order valence-corrected chi connectivity index (χ4v) is 5.39. The van der Waals surface area contributed by atoms with Gasteiger partial charge < -0.3 is 19.8 Å². The number of piperidine rings is 1. The van der Waals surface area contributed by atoms with Crippen molar-refractivity contribution in [1.82, 2.24) is 19.9 Å². The van der Waals surface area contributed by atoms with E-state index in [0.717, 1.165) is 79.6 Å². The summed E-state index contributed by atoms with van der Waals surface area (Å²) in [5.41, 5.74) is 2.68. The third-order valence-corrected chi connectivity index (χ3v) is 7.34. The van der Waals surface area contributed by atoms with Crippen molar-refractivity contribution in [3.05, 3.63) is 60.3 Å². The topological polar surface area (TPSA) is 109 Å². The smallest absolute Gasteiger partial charge is 0.303 e. The van der Waals surface area contributed by atoms with Crippen molar-refractivity contribution >= 4 is 16.9 Å². The van der Waals surface area contributed by atoms with Crippen LogP contribution >= 0.6 is 0 Å². The highest BCUT2D eigenvalue weighted by atomic mass is 16.5. The number of aryl methyl sites for hydroxylation is 1. The Morgan fingerprint density at radius 3 is 2.83 bits per heavy atom. The normalized spacial score (nSPS) is 19.3. The molecule has 8 heteroatoms. The number of carbonyl (C=O) groups is 1. The fraction of sp³-hybridized carbons (Fsp3) is 0.500. The molecule has 8 nitrogen and oxygen atoms in total. The number of aromatic nitrogens is 3. The molecule has 3 aromatic rings. The van der Waals surface area contributed by atoms with Crippen LogP contribution in [-0.4, -0.2) is 62.8 Å². The number of aliphatic hydroxyl groups is 1. The second-order valence-electron chi connectivity index (χ2n) is 9.74. The van der Waals surface area contributed by atoms with Crippen LogP contribution in [0.3, 0.4) is 0 Å². The maximum absolute atomic E-state index is 11.6. The Hall–Kier alpha value is -3.10. The zero-order chi connectivity index (χ0) is 25.3. The Labute approximate surface area is 212 Å². The van der Waals surface area contributed by atoms with Gasteiger partial charge in [-0.1, -0.05) is 0 Å². The summed E-state index contributed by atoms with van der Waals surface area (Å²) < 4.78 is 5.36. The van der Waals surface area contributed by atoms with Crippen molar-refractivity contribution in [1.29, 1.82) is 0 Å². The summed E-state index contributed by atoms with van der Waals surface area (Å²) in [6, 6.07) is 7.55. The number of unbranched alkanes of at least 4 members (excludes halogenated alkanes) is 1. The van der Waals surface area contributed by atoms with Crippen LogP contribution in [0.25, 0.3) is 10.9 Å². The molecule has 0 saturated carbocycles. The number of hydrogen-bond acceptors (Lipinski definition) is 7. The fourth-order valence-electron chi connectivity index (χ4n) is 5.39. The highest BCUT2D eigenvalue weighted by molar-refractivity contribution is 5.83. The number of aliphatic carboxylic acids is 1. The van der Waals surface area contributed by atoms with E-state index in [-0.39, 0.29) is 18.3 Å². The van der Waals surface area contributed by atoms with Gasteiger partial charge in [-0.3, -0.25) is 19.7 Å². The van der Waals surface area contributed by atoms with E-state index in [9.17, 15) is 15.0 Å². The number of carboxylic acid groups (broad SMARTS) is 1. The van der Waals surface area contributed by atoms with Crippen LogP contribution in [0.1, 0.15) is 55.9 Å². The van der Waals surface area contributed by atoms with Gasteiger partial charge in [-0.2, -0.15) is 0 Å². The van der Waals surface area contributed by atoms with Crippen molar-refractivity contribution in [3.8, 4) is 5.75 Å². The highest BCUT2D eigenvalue weighted by Crippen LogP contribution is 2.34. The molecular formula is C28H36N4O4. The first kappa shape index (κ1) is 26.0. The quantitative estimate of drug-likeness (QED) is 0.361. The predicted octanol–water partition coefficient (Wildman–Crippen LogP) is 4.28. The molecule has 2 N–H and O–H groups in total. The molecule has 192 valence electrons. The first-order valence-electron chi connectivity index (χ1n) is 12.8. The van der Waals surface area contributed by atoms with Crippen LogP contribution in [-0.2, 0) is 11.2 Å². The van der Waals surface area contributed by atoms with E-state index in [1.807, 2.05) is 30.5 Å². The summed E-state index contributed by atoms with van der Waals surface area (Å²) in [5, 5.41) is 21.5. The van der Waals surface area contributed by atoms with E-state index in [4.69, 9.17) is 4.74 Å². The number of nitrogens with zero attached hydrogens (tertiary/aromatic N) is 4. The molecule has 1 aliphatic heterocycles. The Kier molecular flexibility index (Phi) is 9.19. The third kappa shape index (κ3) is 6.98. The van der Waals surface area contributed by atoms with Crippen molar-refractivity contribution in [3.63, 3.8) is 0 Å². The lowest BCUT2D eigenvalue weighted by molar-refractivity contribution is -0.139. The van der Waals surface area contributed by atoms with Gasteiger partial charge in [-0.25, -0.2) is 0 Å². The van der Waals surface area contributed by atoms with Gasteiger partial charge in [0.1, 0.15) is 5.75 Å². The summed E-state index contributed by atoms with van der Waals surface area (Å²) in [7, 11) is 1.63. The zero-order valence-corrected chi connectivity index (χ0v) is 20.9. The first-order valence-corrected chi connectivity index (χ1v) is 12.8. The first-order chi connectivity index (χ1) is 17.5. The number of fused-ring (bicyclic) bond motifs is 1. The number of rotatable bonds is 12. The molecule has 3 atom stereocenters. The number of ether oxygens (including phenoxy) is 1. The van der Waals surface area contributed by atoms with E-state index >= 15 is 0 Å². The molecule has 0 unspecified atom stereocenters. The average Bonchev–Trinajstić information content (AvgIpc) is 2.90. The van der Waals surface area contributed by atoms with Crippen LogP contribution in [0.2, 0.25) is 0 Å². The van der Waals surface area contributed by atoms with E-state index in [2.05, 4.69) is 19.9 Å². The van der Waals surface area contributed by atoms with Gasteiger partial charge in [0.15, 0.2) is 0 Å². The lowest BCUT2D eigenvalue weighted by Crippen LogP contribution is -2.41. The minimum Gasteiger partial charge on any atom is -0.497 e. The molecule has 36 heavy (non-hydrogen) atoms. The Bertz CT molecular complexity index is 1130. The van der Waals surface area contributed by atoms with Crippen LogP contribution in [0.15, 0.2) is 49.1 Å². The Balaban J connectivity index is 1.31. The van der Waals surface area contributed by atoms with E-state index in [0.29, 0.717) is 6.42 Å². The van der Waals surface area contributed by atoms with Crippen molar-refractivity contribution < 1.29 is 19.7 Å². The predicted molar refractivity (Wildman–Crippen MR) is 138 cm³/mol. The molecule has 1 aromatic carbocycles. The van der Waals surface area contributed by atoms with Crippen molar-refractivity contribution in [2.24, 2.45) is 11.8 Å². The summed E-state index contributed by atoms with van der Waals surface area (Å²) in [4.78, 5) is 26.9. The molecule has 3 heterocycles. The molecule has 2 aromatic heterocycles. The second-order valence-corrected chi connectivity index (χ2v) is 9.74. The lowest BCUT2D eigenvalue weighted by Gasteiger charge is -2.38. The number of carboxylic acids is 1. The SMILES string of the molecule is COc1ccc2nccc([C@H](O)CC[C@@H]3CCN(CCCCc4cnccn4)C[C@@H]3CC(=O)O)c2c1. The van der Waals surface area contributed by atoms with Crippen molar-refractivity contribution in [2.75, 3.05) is 26.7 Å². The second kappa shape index (κ2) is 12.7. The number of benzene rings is 1. The lowest BCUT2D eigenvalue weighted by atomic mass is 9.79. The molecular weight excluding hydrogens is 456 g/mol. The van der Waals surface area contributed by atoms with Crippen LogP contribution in [0.5, 0.6) is 5.75 Å². The molecule has 0 radical (unpaired) electrons. The van der Waals surface area contributed by atoms with Gasteiger partial charge in [0, 0.05) is 43.1 Å². The maximum atomic E-state index is 11.6. The molecule has 1 saturated heterocycles. The monoisotopic (exact) mass is 492 g/mol. The summed E-state index contributed by atoms with van der Waals surface area (Å²) in [5.74, 6) is 0.365. The van der Waals surface area contributed by atoms with Gasteiger partial charge in [0.25, 0.3) is 0 Å². The largest absolute Gasteiger partial charge is 0.497 e. The molecule has 0 aliphatic carbocycles. The molecule has 1 aliphatic rings. The molecule has 0 bridgehead atoms. The van der Waals surface area contributed by atoms with Crippen LogP contribution in [0.4, 0.5) is 0 Å². The Morgan fingerprint density at radius 1 is 1.17 bits per heavy atom. The van der Waals surface area contributed by atoms with Gasteiger partial charge in [0.05, 0.1) is 24.4 Å². The number of hydrogen-bond donors (Lipinski definition) is 2. The third-order valence-electron chi connectivity index (χ3n) is 7.34. The minimum absolute atomic E-state index is 0.0951. The van der Waals surface area contributed by atoms with E-state index in [1.165, 1.54) is 0 Å². The van der Waals surface area contributed by atoms with Crippen LogP contribution in [0, 0.1) is 11.8 Å². The number of methoxy groups -OCH3 is 1. The Morgan fingerprint density at radius 2 is 2.06 bits per heavy atom. The standard InChI is InChI=1S/C28H36N4O4/c1-36-23-6-7-26-25(17-23)24(9-11-31-26)27(33)8-5-20-10-15-32(19-21(20)16-28(34)35)14-3-2-4-22-18-29-12-13-30-22/h6-7,9,11-13,17-18,20-21,27,33H,2-5,8,10,14-16,19H2,1H3,(H,34,35)/t20-,21+,27-/m1/s1. The highest BCUT2D eigenvalue weighted by Gasteiger charge is 2.31. The summed E-state index contributed by atoms with van der Waals surface area (Å²) in [6.07, 6.45) is 11.8. The molecule has 0 spiro atoms. The van der Waals surface area contributed by atoms with Gasteiger partial charge >= 0.3 is 5.97 Å². The van der Waals surface area contributed by atoms with E-state index < -0.39 is 12.1 Å². The van der Waals surface area contributed by atoms with Gasteiger partial charge in [0.2, 0.25) is 0 Å². The molecule has 1 fully saturated rings. The minimum atomic E-state index is -0.748. The van der Waals surface area contributed by atoms with Gasteiger partial charge in [-0.15, -0.1) is 0 Å². The number of aliphatic hydroxyl groups excluding tert-OH is 1. The number of pyridine rings is 1. The summed E-state index contributed by atoms with van der Waals surface area (Å²) >= 11 is 0.